The minimum atomic E-state index is 0.724. The molecule has 0 radical (unpaired) electrons. The number of rotatable bonds is 4. The van der Waals surface area contributed by atoms with Gasteiger partial charge in [-0.15, -0.1) is 11.8 Å². The Bertz CT molecular complexity index is 359. The molecule has 1 unspecified atom stereocenters. The molecule has 3 N–H and O–H groups in total. The van der Waals surface area contributed by atoms with Crippen molar-refractivity contribution in [2.24, 2.45) is 0 Å². The van der Waals surface area contributed by atoms with Gasteiger partial charge in [0.2, 0.25) is 0 Å². The zero-order valence-electron chi connectivity index (χ0n) is 10.5. The zero-order valence-corrected chi connectivity index (χ0v) is 11.4. The molecule has 94 valence electrons. The molecule has 1 heterocycles. The molecule has 1 aromatic rings. The number of anilines is 1. The highest BCUT2D eigenvalue weighted by molar-refractivity contribution is 7.99. The molecule has 2 rings (SSSR count). The number of thioether (sulfide) groups is 1. The maximum Gasteiger partial charge on any atom is 0.0452 e. The standard InChI is InChI=1S/C14H22N2S/c1-11-5-6-13(15)14(10-11)17-9-7-12-4-2-3-8-16-12/h5-6,10,12,16H,2-4,7-9,15H2,1H3. The molecule has 0 amide bonds. The second-order valence-corrected chi connectivity index (χ2v) is 5.96. The molecular weight excluding hydrogens is 228 g/mol. The second kappa shape index (κ2) is 6.31. The second-order valence-electron chi connectivity index (χ2n) is 4.83. The molecule has 1 aromatic carbocycles. The molecule has 17 heavy (non-hydrogen) atoms. The number of piperidine rings is 1. The van der Waals surface area contributed by atoms with Crippen LogP contribution < -0.4 is 11.1 Å². The van der Waals surface area contributed by atoms with Crippen LogP contribution in [0.2, 0.25) is 0 Å². The Balaban J connectivity index is 1.79. The van der Waals surface area contributed by atoms with Gasteiger partial charge in [0.15, 0.2) is 0 Å². The van der Waals surface area contributed by atoms with Crippen molar-refractivity contribution in [3.05, 3.63) is 23.8 Å². The van der Waals surface area contributed by atoms with Crippen molar-refractivity contribution < 1.29 is 0 Å². The third-order valence-electron chi connectivity index (χ3n) is 3.31. The predicted octanol–water partition coefficient (Wildman–Crippen LogP) is 3.20. The Labute approximate surface area is 108 Å². The maximum atomic E-state index is 5.97. The van der Waals surface area contributed by atoms with E-state index in [-0.39, 0.29) is 0 Å². The third kappa shape index (κ3) is 3.93. The summed E-state index contributed by atoms with van der Waals surface area (Å²) in [6, 6.07) is 7.00. The summed E-state index contributed by atoms with van der Waals surface area (Å²) in [6.45, 7) is 3.31. The van der Waals surface area contributed by atoms with Crippen LogP contribution in [0.3, 0.4) is 0 Å². The Kier molecular flexibility index (Phi) is 4.75. The first-order valence-corrected chi connectivity index (χ1v) is 7.46. The Morgan fingerprint density at radius 3 is 3.06 bits per heavy atom. The van der Waals surface area contributed by atoms with Crippen molar-refractivity contribution in [1.29, 1.82) is 0 Å². The summed E-state index contributed by atoms with van der Waals surface area (Å²) in [5.41, 5.74) is 8.18. The van der Waals surface area contributed by atoms with Crippen molar-refractivity contribution >= 4 is 17.4 Å². The Morgan fingerprint density at radius 1 is 1.41 bits per heavy atom. The van der Waals surface area contributed by atoms with Crippen molar-refractivity contribution in [2.45, 2.75) is 43.5 Å². The first-order chi connectivity index (χ1) is 8.25. The normalized spacial score (nSPS) is 20.4. The smallest absolute Gasteiger partial charge is 0.0452 e. The summed E-state index contributed by atoms with van der Waals surface area (Å²) in [4.78, 5) is 1.24. The highest BCUT2D eigenvalue weighted by Crippen LogP contribution is 2.27. The van der Waals surface area contributed by atoms with Gasteiger partial charge in [-0.2, -0.15) is 0 Å². The van der Waals surface area contributed by atoms with E-state index in [0.717, 1.165) is 17.5 Å². The van der Waals surface area contributed by atoms with Crippen LogP contribution in [0.25, 0.3) is 0 Å². The summed E-state index contributed by atoms with van der Waals surface area (Å²) in [6.07, 6.45) is 5.31. The largest absolute Gasteiger partial charge is 0.398 e. The predicted molar refractivity (Wildman–Crippen MR) is 76.6 cm³/mol. The lowest BCUT2D eigenvalue weighted by Crippen LogP contribution is -2.34. The number of hydrogen-bond acceptors (Lipinski definition) is 3. The lowest BCUT2D eigenvalue weighted by molar-refractivity contribution is 0.395. The summed E-state index contributed by atoms with van der Waals surface area (Å²) >= 11 is 1.89. The summed E-state index contributed by atoms with van der Waals surface area (Å²) in [5, 5.41) is 3.59. The first kappa shape index (κ1) is 12.8. The van der Waals surface area contributed by atoms with E-state index in [0.29, 0.717) is 0 Å². The number of benzene rings is 1. The average Bonchev–Trinajstić information content (AvgIpc) is 2.35. The lowest BCUT2D eigenvalue weighted by atomic mass is 10.0. The summed E-state index contributed by atoms with van der Waals surface area (Å²) in [7, 11) is 0. The van der Waals surface area contributed by atoms with Crippen LogP contribution in [0.15, 0.2) is 23.1 Å². The van der Waals surface area contributed by atoms with Gasteiger partial charge in [0.05, 0.1) is 0 Å². The summed E-state index contributed by atoms with van der Waals surface area (Å²) in [5.74, 6) is 1.16. The zero-order chi connectivity index (χ0) is 12.1. The fourth-order valence-electron chi connectivity index (χ4n) is 2.25. The Hall–Kier alpha value is -0.670. The van der Waals surface area contributed by atoms with Gasteiger partial charge in [0, 0.05) is 16.6 Å². The van der Waals surface area contributed by atoms with E-state index >= 15 is 0 Å². The monoisotopic (exact) mass is 250 g/mol. The SMILES string of the molecule is Cc1ccc(N)c(SCCC2CCCCN2)c1. The molecule has 3 heteroatoms. The Morgan fingerprint density at radius 2 is 2.29 bits per heavy atom. The van der Waals surface area contributed by atoms with Crippen LogP contribution in [-0.4, -0.2) is 18.3 Å². The number of nitrogen functional groups attached to an aromatic ring is 1. The van der Waals surface area contributed by atoms with Crippen molar-refractivity contribution in [3.63, 3.8) is 0 Å². The van der Waals surface area contributed by atoms with Gasteiger partial charge >= 0.3 is 0 Å². The quantitative estimate of drug-likeness (QED) is 0.636. The third-order valence-corrected chi connectivity index (χ3v) is 4.41. The molecule has 2 nitrogen and oxygen atoms in total. The molecule has 1 aliphatic rings. The molecule has 0 spiro atoms. The van der Waals surface area contributed by atoms with Gasteiger partial charge in [-0.3, -0.25) is 0 Å². The number of nitrogens with one attached hydrogen (secondary N) is 1. The number of aryl methyl sites for hydroxylation is 1. The minimum absolute atomic E-state index is 0.724. The van der Waals surface area contributed by atoms with E-state index in [9.17, 15) is 0 Å². The van der Waals surface area contributed by atoms with E-state index in [1.165, 1.54) is 42.7 Å². The molecule has 1 saturated heterocycles. The molecule has 0 aliphatic carbocycles. The molecule has 1 atom stereocenters. The fourth-order valence-corrected chi connectivity index (χ4v) is 3.37. The number of nitrogens with two attached hydrogens (primary N) is 1. The van der Waals surface area contributed by atoms with Crippen molar-refractivity contribution in [3.8, 4) is 0 Å². The van der Waals surface area contributed by atoms with E-state index in [4.69, 9.17) is 5.73 Å². The van der Waals surface area contributed by atoms with E-state index in [1.54, 1.807) is 0 Å². The van der Waals surface area contributed by atoms with E-state index in [2.05, 4.69) is 24.4 Å². The fraction of sp³-hybridized carbons (Fsp3) is 0.571. The highest BCUT2D eigenvalue weighted by atomic mass is 32.2. The van der Waals surface area contributed by atoms with Crippen LogP contribution >= 0.6 is 11.8 Å². The van der Waals surface area contributed by atoms with Gasteiger partial charge in [0.1, 0.15) is 0 Å². The van der Waals surface area contributed by atoms with Crippen LogP contribution in [-0.2, 0) is 0 Å². The lowest BCUT2D eigenvalue weighted by Gasteiger charge is -2.23. The van der Waals surface area contributed by atoms with E-state index in [1.807, 2.05) is 17.8 Å². The molecular formula is C14H22N2S. The van der Waals surface area contributed by atoms with Crippen LogP contribution in [0.5, 0.6) is 0 Å². The minimum Gasteiger partial charge on any atom is -0.398 e. The molecule has 1 aliphatic heterocycles. The first-order valence-electron chi connectivity index (χ1n) is 6.48. The molecule has 0 bridgehead atoms. The van der Waals surface area contributed by atoms with Crippen LogP contribution in [0.4, 0.5) is 5.69 Å². The van der Waals surface area contributed by atoms with E-state index < -0.39 is 0 Å². The van der Waals surface area contributed by atoms with Gasteiger partial charge in [-0.25, -0.2) is 0 Å². The molecule has 1 fully saturated rings. The van der Waals surface area contributed by atoms with Gasteiger partial charge in [-0.05, 0) is 56.2 Å². The molecule has 0 aromatic heterocycles. The number of hydrogen-bond donors (Lipinski definition) is 2. The van der Waals surface area contributed by atoms with Crippen molar-refractivity contribution in [2.75, 3.05) is 18.0 Å². The van der Waals surface area contributed by atoms with Crippen molar-refractivity contribution in [1.82, 2.24) is 5.32 Å². The topological polar surface area (TPSA) is 38.0 Å². The maximum absolute atomic E-state index is 5.97. The molecule has 0 saturated carbocycles. The van der Waals surface area contributed by atoms with Gasteiger partial charge in [-0.1, -0.05) is 12.5 Å². The highest BCUT2D eigenvalue weighted by Gasteiger charge is 2.12. The van der Waals surface area contributed by atoms with Gasteiger partial charge in [0.25, 0.3) is 0 Å². The van der Waals surface area contributed by atoms with Gasteiger partial charge < -0.3 is 11.1 Å². The van der Waals surface area contributed by atoms with Crippen LogP contribution in [0, 0.1) is 6.92 Å². The van der Waals surface area contributed by atoms with Crippen LogP contribution in [0.1, 0.15) is 31.2 Å². The average molecular weight is 250 g/mol. The summed E-state index contributed by atoms with van der Waals surface area (Å²) < 4.78 is 0.